The summed E-state index contributed by atoms with van der Waals surface area (Å²) in [5.74, 6) is -2.87. The Hall–Kier alpha value is -1.67. The lowest BCUT2D eigenvalue weighted by atomic mass is 10.2. The van der Waals surface area contributed by atoms with Gasteiger partial charge in [-0.05, 0) is 6.42 Å². The molecule has 17 heavy (non-hydrogen) atoms. The highest BCUT2D eigenvalue weighted by atomic mass is 16.6. The van der Waals surface area contributed by atoms with E-state index in [1.54, 1.807) is 0 Å². The van der Waals surface area contributed by atoms with Crippen LogP contribution in [0.4, 0.5) is 0 Å². The lowest BCUT2D eigenvalue weighted by Crippen LogP contribution is -2.44. The van der Waals surface area contributed by atoms with Crippen molar-refractivity contribution in [1.29, 1.82) is 0 Å². The highest BCUT2D eigenvalue weighted by molar-refractivity contribution is 5.83. The third-order valence-electron chi connectivity index (χ3n) is 1.80. The highest BCUT2D eigenvalue weighted by Crippen LogP contribution is 1.96. The average Bonchev–Trinajstić information content (AvgIpc) is 2.23. The number of nitrogens with one attached hydrogen (secondary N) is 1. The summed E-state index contributed by atoms with van der Waals surface area (Å²) < 4.78 is 4.47. The van der Waals surface area contributed by atoms with E-state index in [0.717, 1.165) is 0 Å². The first kappa shape index (κ1) is 15.3. The summed E-state index contributed by atoms with van der Waals surface area (Å²) in [6.45, 7) is -0.991. The van der Waals surface area contributed by atoms with E-state index in [9.17, 15) is 14.4 Å². The van der Waals surface area contributed by atoms with Gasteiger partial charge in [0.05, 0.1) is 6.61 Å². The van der Waals surface area contributed by atoms with Gasteiger partial charge in [0.2, 0.25) is 5.91 Å². The van der Waals surface area contributed by atoms with Crippen molar-refractivity contribution in [2.45, 2.75) is 25.3 Å². The molecular weight excluding hydrogens is 234 g/mol. The van der Waals surface area contributed by atoms with Gasteiger partial charge in [-0.1, -0.05) is 0 Å². The molecule has 0 aliphatic rings. The molecule has 0 radical (unpaired) electrons. The Labute approximate surface area is 97.2 Å². The Morgan fingerprint density at radius 3 is 2.29 bits per heavy atom. The molecule has 1 atom stereocenters. The van der Waals surface area contributed by atoms with Gasteiger partial charge >= 0.3 is 11.9 Å². The molecule has 8 nitrogen and oxygen atoms in total. The fraction of sp³-hybridized carbons (Fsp3) is 0.667. The number of carboxylic acids is 2. The summed E-state index contributed by atoms with van der Waals surface area (Å²) in [4.78, 5) is 32.0. The normalized spacial score (nSPS) is 11.8. The molecular formula is C9H15NO7. The molecule has 0 saturated heterocycles. The summed E-state index contributed by atoms with van der Waals surface area (Å²) >= 11 is 0. The molecule has 0 fully saturated rings. The SMILES string of the molecule is O=C(O)CCCC(=O)N[C@@H](COCO)C(=O)O. The number of aliphatic hydroxyl groups excluding tert-OH is 1. The molecule has 0 aromatic rings. The third kappa shape index (κ3) is 8.17. The van der Waals surface area contributed by atoms with Gasteiger partial charge in [-0.3, -0.25) is 9.59 Å². The maximum absolute atomic E-state index is 11.2. The molecule has 0 heterocycles. The van der Waals surface area contributed by atoms with Crippen LogP contribution in [0.5, 0.6) is 0 Å². The van der Waals surface area contributed by atoms with Crippen molar-refractivity contribution >= 4 is 17.8 Å². The van der Waals surface area contributed by atoms with Gasteiger partial charge < -0.3 is 25.4 Å². The highest BCUT2D eigenvalue weighted by Gasteiger charge is 2.19. The van der Waals surface area contributed by atoms with Crippen molar-refractivity contribution in [3.8, 4) is 0 Å². The predicted molar refractivity (Wildman–Crippen MR) is 54.1 cm³/mol. The van der Waals surface area contributed by atoms with Crippen LogP contribution in [0.15, 0.2) is 0 Å². The average molecular weight is 249 g/mol. The van der Waals surface area contributed by atoms with E-state index in [1.165, 1.54) is 0 Å². The minimum Gasteiger partial charge on any atom is -0.481 e. The summed E-state index contributed by atoms with van der Waals surface area (Å²) in [7, 11) is 0. The number of carbonyl (C=O) groups excluding carboxylic acids is 1. The molecule has 0 aliphatic carbocycles. The Bertz CT molecular complexity index is 279. The summed E-state index contributed by atoms with van der Waals surface area (Å²) in [5.41, 5.74) is 0. The maximum Gasteiger partial charge on any atom is 0.328 e. The molecule has 0 unspecified atom stereocenters. The first-order chi connectivity index (χ1) is 7.97. The Balaban J connectivity index is 3.95. The fourth-order valence-electron chi connectivity index (χ4n) is 1.01. The van der Waals surface area contributed by atoms with Crippen LogP contribution in [0.1, 0.15) is 19.3 Å². The van der Waals surface area contributed by atoms with E-state index in [4.69, 9.17) is 15.3 Å². The Morgan fingerprint density at radius 1 is 1.18 bits per heavy atom. The number of carbonyl (C=O) groups is 3. The summed E-state index contributed by atoms with van der Waals surface area (Å²) in [6.07, 6.45) is -0.0954. The van der Waals surface area contributed by atoms with Crippen molar-refractivity contribution in [2.75, 3.05) is 13.4 Å². The van der Waals surface area contributed by atoms with E-state index in [-0.39, 0.29) is 25.9 Å². The van der Waals surface area contributed by atoms with Crippen LogP contribution in [-0.4, -0.2) is 52.6 Å². The number of rotatable bonds is 9. The van der Waals surface area contributed by atoms with E-state index >= 15 is 0 Å². The first-order valence-electron chi connectivity index (χ1n) is 4.90. The molecule has 1 amide bonds. The topological polar surface area (TPSA) is 133 Å². The van der Waals surface area contributed by atoms with Crippen LogP contribution >= 0.6 is 0 Å². The van der Waals surface area contributed by atoms with Gasteiger partial charge in [-0.2, -0.15) is 0 Å². The molecule has 98 valence electrons. The zero-order chi connectivity index (χ0) is 13.3. The molecule has 0 saturated carbocycles. The van der Waals surface area contributed by atoms with Crippen LogP contribution in [-0.2, 0) is 19.1 Å². The van der Waals surface area contributed by atoms with E-state index < -0.39 is 30.7 Å². The van der Waals surface area contributed by atoms with Crippen LogP contribution in [0.2, 0.25) is 0 Å². The maximum atomic E-state index is 11.2. The molecule has 0 bridgehead atoms. The number of hydrogen-bond donors (Lipinski definition) is 4. The molecule has 0 aromatic carbocycles. The minimum absolute atomic E-state index is 0.0742. The van der Waals surface area contributed by atoms with Crippen molar-refractivity contribution in [1.82, 2.24) is 5.32 Å². The number of aliphatic carboxylic acids is 2. The molecule has 0 spiro atoms. The second kappa shape index (κ2) is 8.48. The standard InChI is InChI=1S/C9H15NO7/c11-5-17-4-6(9(15)16)10-7(12)2-1-3-8(13)14/h6,11H,1-5H2,(H,10,12)(H,13,14)(H,15,16)/t6-/m0/s1. The molecule has 8 heteroatoms. The van der Waals surface area contributed by atoms with Crippen molar-refractivity contribution in [3.63, 3.8) is 0 Å². The summed E-state index contributed by atoms with van der Waals surface area (Å²) in [5, 5.41) is 27.5. The van der Waals surface area contributed by atoms with Crippen molar-refractivity contribution in [2.24, 2.45) is 0 Å². The summed E-state index contributed by atoms with van der Waals surface area (Å²) in [6, 6.07) is -1.25. The number of carboxylic acid groups (broad SMARTS) is 2. The monoisotopic (exact) mass is 249 g/mol. The Kier molecular flexibility index (Phi) is 7.65. The quantitative estimate of drug-likeness (QED) is 0.376. The molecule has 0 rings (SSSR count). The Morgan fingerprint density at radius 2 is 1.82 bits per heavy atom. The van der Waals surface area contributed by atoms with Crippen LogP contribution in [0.25, 0.3) is 0 Å². The minimum atomic E-state index is -1.29. The third-order valence-corrected chi connectivity index (χ3v) is 1.80. The molecule has 0 aromatic heterocycles. The van der Waals surface area contributed by atoms with Gasteiger partial charge in [0.1, 0.15) is 6.79 Å². The van der Waals surface area contributed by atoms with Crippen LogP contribution in [0.3, 0.4) is 0 Å². The van der Waals surface area contributed by atoms with Crippen LogP contribution < -0.4 is 5.32 Å². The largest absolute Gasteiger partial charge is 0.481 e. The zero-order valence-corrected chi connectivity index (χ0v) is 9.09. The number of aliphatic hydroxyl groups is 1. The predicted octanol–water partition coefficient (Wildman–Crippen LogP) is -1.22. The second-order valence-corrected chi connectivity index (χ2v) is 3.21. The first-order valence-corrected chi connectivity index (χ1v) is 4.90. The van der Waals surface area contributed by atoms with Gasteiger partial charge in [0.15, 0.2) is 6.04 Å². The number of hydrogen-bond acceptors (Lipinski definition) is 5. The number of ether oxygens (including phenoxy) is 1. The smallest absolute Gasteiger partial charge is 0.328 e. The lowest BCUT2D eigenvalue weighted by Gasteiger charge is -2.13. The number of amides is 1. The zero-order valence-electron chi connectivity index (χ0n) is 9.09. The van der Waals surface area contributed by atoms with Crippen molar-refractivity contribution in [3.05, 3.63) is 0 Å². The van der Waals surface area contributed by atoms with E-state index in [2.05, 4.69) is 10.1 Å². The fourth-order valence-corrected chi connectivity index (χ4v) is 1.01. The second-order valence-electron chi connectivity index (χ2n) is 3.21. The van der Waals surface area contributed by atoms with E-state index in [1.807, 2.05) is 0 Å². The molecule has 0 aliphatic heterocycles. The van der Waals surface area contributed by atoms with Crippen molar-refractivity contribution < 1.29 is 34.4 Å². The van der Waals surface area contributed by atoms with Gasteiger partial charge in [0.25, 0.3) is 0 Å². The van der Waals surface area contributed by atoms with E-state index in [0.29, 0.717) is 0 Å². The van der Waals surface area contributed by atoms with Crippen LogP contribution in [0, 0.1) is 0 Å². The lowest BCUT2D eigenvalue weighted by molar-refractivity contribution is -0.145. The molecule has 4 N–H and O–H groups in total. The van der Waals surface area contributed by atoms with Gasteiger partial charge in [-0.15, -0.1) is 0 Å². The van der Waals surface area contributed by atoms with Gasteiger partial charge in [0, 0.05) is 12.8 Å². The van der Waals surface area contributed by atoms with Gasteiger partial charge in [-0.25, -0.2) is 4.79 Å².